The van der Waals surface area contributed by atoms with Crippen molar-refractivity contribution in [2.75, 3.05) is 6.54 Å². The monoisotopic (exact) mass is 207 g/mol. The maximum absolute atomic E-state index is 5.89. The molecule has 0 aromatic carbocycles. The molecule has 0 bridgehead atoms. The molecule has 2 nitrogen and oxygen atoms in total. The normalized spacial score (nSPS) is 25.7. The molecule has 2 heteroatoms. The minimum atomic E-state index is 0.476. The predicted octanol–water partition coefficient (Wildman–Crippen LogP) is 3.03. The number of furan rings is 1. The fourth-order valence-corrected chi connectivity index (χ4v) is 2.48. The summed E-state index contributed by atoms with van der Waals surface area (Å²) < 4.78 is 5.89. The molecule has 0 spiro atoms. The lowest BCUT2D eigenvalue weighted by molar-refractivity contribution is 0.359. The number of aryl methyl sites for hydroxylation is 1. The lowest BCUT2D eigenvalue weighted by atomic mass is 9.79. The summed E-state index contributed by atoms with van der Waals surface area (Å²) in [5, 5.41) is 0. The SMILES string of the molecule is CC(C)c1cc2c(o1)CCC(C)C2CN. The van der Waals surface area contributed by atoms with E-state index in [1.54, 1.807) is 0 Å². The molecule has 1 heterocycles. The molecule has 0 aliphatic heterocycles. The van der Waals surface area contributed by atoms with Crippen LogP contribution in [0.5, 0.6) is 0 Å². The van der Waals surface area contributed by atoms with E-state index in [2.05, 4.69) is 26.8 Å². The van der Waals surface area contributed by atoms with E-state index in [-0.39, 0.29) is 0 Å². The average Bonchev–Trinajstić information content (AvgIpc) is 2.61. The molecule has 2 atom stereocenters. The molecule has 0 radical (unpaired) electrons. The molecule has 0 saturated carbocycles. The molecule has 1 aliphatic rings. The first-order valence-electron chi connectivity index (χ1n) is 5.96. The van der Waals surface area contributed by atoms with Crippen LogP contribution in [-0.4, -0.2) is 6.54 Å². The maximum atomic E-state index is 5.89. The Hall–Kier alpha value is -0.760. The summed E-state index contributed by atoms with van der Waals surface area (Å²) in [5.41, 5.74) is 7.23. The third-order valence-electron chi connectivity index (χ3n) is 3.60. The minimum Gasteiger partial charge on any atom is -0.466 e. The Morgan fingerprint density at radius 1 is 1.53 bits per heavy atom. The Kier molecular flexibility index (Phi) is 2.87. The fraction of sp³-hybridized carbons (Fsp3) is 0.692. The zero-order valence-corrected chi connectivity index (χ0v) is 9.92. The van der Waals surface area contributed by atoms with Crippen molar-refractivity contribution in [3.8, 4) is 0 Å². The highest BCUT2D eigenvalue weighted by Crippen LogP contribution is 2.38. The summed E-state index contributed by atoms with van der Waals surface area (Å²) in [4.78, 5) is 0. The van der Waals surface area contributed by atoms with E-state index in [1.807, 2.05) is 0 Å². The van der Waals surface area contributed by atoms with Gasteiger partial charge in [-0.3, -0.25) is 0 Å². The van der Waals surface area contributed by atoms with Crippen molar-refractivity contribution in [2.24, 2.45) is 11.7 Å². The molecule has 15 heavy (non-hydrogen) atoms. The van der Waals surface area contributed by atoms with Crippen LogP contribution in [0, 0.1) is 5.92 Å². The second-order valence-corrected chi connectivity index (χ2v) is 5.04. The van der Waals surface area contributed by atoms with E-state index >= 15 is 0 Å². The van der Waals surface area contributed by atoms with E-state index in [4.69, 9.17) is 10.2 Å². The van der Waals surface area contributed by atoms with Crippen LogP contribution in [0.15, 0.2) is 10.5 Å². The second-order valence-electron chi connectivity index (χ2n) is 5.04. The lowest BCUT2D eigenvalue weighted by Gasteiger charge is -2.26. The van der Waals surface area contributed by atoms with E-state index in [0.717, 1.165) is 18.7 Å². The van der Waals surface area contributed by atoms with Gasteiger partial charge in [0.15, 0.2) is 0 Å². The minimum absolute atomic E-state index is 0.476. The standard InChI is InChI=1S/C13H21NO/c1-8(2)13-6-10-11(7-14)9(3)4-5-12(10)15-13/h6,8-9,11H,4-5,7,14H2,1-3H3. The third-order valence-corrected chi connectivity index (χ3v) is 3.60. The van der Waals surface area contributed by atoms with Gasteiger partial charge in [-0.1, -0.05) is 20.8 Å². The molecule has 1 aromatic rings. The van der Waals surface area contributed by atoms with Crippen molar-refractivity contribution in [3.63, 3.8) is 0 Å². The number of rotatable bonds is 2. The summed E-state index contributed by atoms with van der Waals surface area (Å²) in [5.74, 6) is 3.98. The van der Waals surface area contributed by atoms with Crippen LogP contribution in [0.2, 0.25) is 0 Å². The Morgan fingerprint density at radius 2 is 2.27 bits per heavy atom. The Balaban J connectivity index is 2.36. The van der Waals surface area contributed by atoms with Gasteiger partial charge < -0.3 is 10.2 Å². The molecular weight excluding hydrogens is 186 g/mol. The van der Waals surface area contributed by atoms with Crippen molar-refractivity contribution < 1.29 is 4.42 Å². The lowest BCUT2D eigenvalue weighted by Crippen LogP contribution is -2.24. The molecule has 0 amide bonds. The highest BCUT2D eigenvalue weighted by atomic mass is 16.3. The molecule has 2 unspecified atom stereocenters. The smallest absolute Gasteiger partial charge is 0.107 e. The van der Waals surface area contributed by atoms with E-state index in [9.17, 15) is 0 Å². The van der Waals surface area contributed by atoms with Crippen molar-refractivity contribution in [1.29, 1.82) is 0 Å². The zero-order chi connectivity index (χ0) is 11.0. The van der Waals surface area contributed by atoms with Gasteiger partial charge in [-0.05, 0) is 30.5 Å². The molecular formula is C13H21NO. The Labute approximate surface area is 91.8 Å². The molecule has 84 valence electrons. The number of fused-ring (bicyclic) bond motifs is 1. The second kappa shape index (κ2) is 4.01. The van der Waals surface area contributed by atoms with Crippen LogP contribution in [0.3, 0.4) is 0 Å². The van der Waals surface area contributed by atoms with Crippen LogP contribution in [0.25, 0.3) is 0 Å². The zero-order valence-electron chi connectivity index (χ0n) is 9.92. The van der Waals surface area contributed by atoms with Crippen LogP contribution < -0.4 is 5.73 Å². The summed E-state index contributed by atoms with van der Waals surface area (Å²) in [6.45, 7) is 7.38. The first-order chi connectivity index (χ1) is 7.13. The van der Waals surface area contributed by atoms with E-state index < -0.39 is 0 Å². The number of hydrogen-bond acceptors (Lipinski definition) is 2. The van der Waals surface area contributed by atoms with Gasteiger partial charge >= 0.3 is 0 Å². The van der Waals surface area contributed by atoms with Gasteiger partial charge in [0.1, 0.15) is 11.5 Å². The summed E-state index contributed by atoms with van der Waals surface area (Å²) in [6, 6.07) is 2.23. The van der Waals surface area contributed by atoms with Gasteiger partial charge in [0, 0.05) is 18.3 Å². The number of hydrogen-bond donors (Lipinski definition) is 1. The molecule has 2 rings (SSSR count). The van der Waals surface area contributed by atoms with Crippen LogP contribution in [0.4, 0.5) is 0 Å². The average molecular weight is 207 g/mol. The molecule has 1 aliphatic carbocycles. The summed E-state index contributed by atoms with van der Waals surface area (Å²) in [6.07, 6.45) is 2.29. The van der Waals surface area contributed by atoms with Gasteiger partial charge in [-0.15, -0.1) is 0 Å². The quantitative estimate of drug-likeness (QED) is 0.809. The van der Waals surface area contributed by atoms with Crippen LogP contribution in [-0.2, 0) is 6.42 Å². The van der Waals surface area contributed by atoms with Crippen molar-refractivity contribution in [3.05, 3.63) is 23.2 Å². The predicted molar refractivity (Wildman–Crippen MR) is 62.1 cm³/mol. The van der Waals surface area contributed by atoms with E-state index in [1.165, 1.54) is 17.7 Å². The van der Waals surface area contributed by atoms with Crippen molar-refractivity contribution in [2.45, 2.75) is 45.4 Å². The first-order valence-corrected chi connectivity index (χ1v) is 5.96. The van der Waals surface area contributed by atoms with Crippen LogP contribution in [0.1, 0.15) is 56.1 Å². The van der Waals surface area contributed by atoms with Crippen LogP contribution >= 0.6 is 0 Å². The van der Waals surface area contributed by atoms with Gasteiger partial charge in [-0.2, -0.15) is 0 Å². The number of nitrogens with two attached hydrogens (primary N) is 1. The molecule has 0 fully saturated rings. The van der Waals surface area contributed by atoms with Gasteiger partial charge in [-0.25, -0.2) is 0 Å². The van der Waals surface area contributed by atoms with Gasteiger partial charge in [0.25, 0.3) is 0 Å². The van der Waals surface area contributed by atoms with E-state index in [0.29, 0.717) is 17.8 Å². The Bertz CT molecular complexity index is 340. The Morgan fingerprint density at radius 3 is 2.87 bits per heavy atom. The highest BCUT2D eigenvalue weighted by molar-refractivity contribution is 5.30. The van der Waals surface area contributed by atoms with Crippen molar-refractivity contribution in [1.82, 2.24) is 0 Å². The van der Waals surface area contributed by atoms with Crippen molar-refractivity contribution >= 4 is 0 Å². The molecule has 1 aromatic heterocycles. The summed E-state index contributed by atoms with van der Waals surface area (Å²) >= 11 is 0. The first kappa shape index (κ1) is 10.7. The molecule has 0 saturated heterocycles. The summed E-state index contributed by atoms with van der Waals surface area (Å²) in [7, 11) is 0. The topological polar surface area (TPSA) is 39.2 Å². The van der Waals surface area contributed by atoms with Gasteiger partial charge in [0.05, 0.1) is 0 Å². The largest absolute Gasteiger partial charge is 0.466 e. The maximum Gasteiger partial charge on any atom is 0.107 e. The third kappa shape index (κ3) is 1.83. The highest BCUT2D eigenvalue weighted by Gasteiger charge is 2.29. The van der Waals surface area contributed by atoms with Gasteiger partial charge in [0.2, 0.25) is 0 Å². The molecule has 2 N–H and O–H groups in total. The fourth-order valence-electron chi connectivity index (χ4n) is 2.48.